The highest BCUT2D eigenvalue weighted by Gasteiger charge is 2.30. The largest absolute Gasteiger partial charge is 0.364 e. The highest BCUT2D eigenvalue weighted by Crippen LogP contribution is 2.36. The summed E-state index contributed by atoms with van der Waals surface area (Å²) in [6.07, 6.45) is 2.61. The number of alkyl halides is 1. The highest BCUT2D eigenvalue weighted by molar-refractivity contribution is 7.07. The summed E-state index contributed by atoms with van der Waals surface area (Å²) in [5.74, 6) is 0.587. The number of hydrogen-bond donors (Lipinski definition) is 0. The summed E-state index contributed by atoms with van der Waals surface area (Å²) in [6, 6.07) is 9.55. The molecule has 1 aliphatic carbocycles. The third kappa shape index (κ3) is 2.96. The molecule has 2 aromatic rings. The second kappa shape index (κ2) is 5.56. The molecule has 1 heterocycles. The van der Waals surface area contributed by atoms with E-state index in [0.29, 0.717) is 11.9 Å². The first-order valence-corrected chi connectivity index (χ1v) is 8.19. The monoisotopic (exact) mass is 291 g/mol. The maximum absolute atomic E-state index is 6.13. The first-order valence-electron chi connectivity index (χ1n) is 6.71. The fourth-order valence-corrected chi connectivity index (χ4v) is 3.35. The topological polar surface area (TPSA) is 3.24 Å². The molecule has 0 aliphatic heterocycles. The van der Waals surface area contributed by atoms with Crippen LogP contribution in [-0.2, 0) is 12.4 Å². The molecule has 0 spiro atoms. The van der Waals surface area contributed by atoms with Gasteiger partial charge in [-0.2, -0.15) is 11.3 Å². The first-order chi connectivity index (χ1) is 9.28. The van der Waals surface area contributed by atoms with E-state index >= 15 is 0 Å². The lowest BCUT2D eigenvalue weighted by Gasteiger charge is -2.27. The fourth-order valence-electron chi connectivity index (χ4n) is 2.48. The molecule has 1 aromatic heterocycles. The van der Waals surface area contributed by atoms with Crippen LogP contribution in [0, 0.1) is 6.92 Å². The molecule has 100 valence electrons. The molecule has 0 radical (unpaired) electrons. The standard InChI is InChI=1S/C16H18ClNS/c1-12-2-5-16(14(8-12)9-17)18(15-3-4-15)10-13-6-7-19-11-13/h2,5-8,11,15H,3-4,9-10H2,1H3. The highest BCUT2D eigenvalue weighted by atomic mass is 35.5. The van der Waals surface area contributed by atoms with E-state index in [1.807, 2.05) is 0 Å². The maximum Gasteiger partial charge on any atom is 0.0494 e. The zero-order valence-corrected chi connectivity index (χ0v) is 12.7. The van der Waals surface area contributed by atoms with Crippen molar-refractivity contribution in [1.82, 2.24) is 0 Å². The van der Waals surface area contributed by atoms with Crippen LogP contribution < -0.4 is 4.90 Å². The van der Waals surface area contributed by atoms with Crippen molar-refractivity contribution in [1.29, 1.82) is 0 Å². The Morgan fingerprint density at radius 3 is 2.79 bits per heavy atom. The van der Waals surface area contributed by atoms with E-state index in [4.69, 9.17) is 11.6 Å². The first kappa shape index (κ1) is 13.0. The predicted molar refractivity (Wildman–Crippen MR) is 84.3 cm³/mol. The second-order valence-corrected chi connectivity index (χ2v) is 6.30. The van der Waals surface area contributed by atoms with Gasteiger partial charge in [-0.15, -0.1) is 11.6 Å². The van der Waals surface area contributed by atoms with Crippen LogP contribution >= 0.6 is 22.9 Å². The molecular formula is C16H18ClNS. The number of rotatable bonds is 5. The summed E-state index contributed by atoms with van der Waals surface area (Å²) in [6.45, 7) is 3.13. The average Bonchev–Trinajstić information content (AvgIpc) is 3.13. The molecule has 0 atom stereocenters. The molecule has 0 saturated heterocycles. The molecule has 0 amide bonds. The third-order valence-electron chi connectivity index (χ3n) is 3.61. The summed E-state index contributed by atoms with van der Waals surface area (Å²) < 4.78 is 0. The van der Waals surface area contributed by atoms with Gasteiger partial charge >= 0.3 is 0 Å². The molecule has 1 fully saturated rings. The zero-order chi connectivity index (χ0) is 13.2. The fraction of sp³-hybridized carbons (Fsp3) is 0.375. The third-order valence-corrected chi connectivity index (χ3v) is 4.63. The summed E-state index contributed by atoms with van der Waals surface area (Å²) in [7, 11) is 0. The smallest absolute Gasteiger partial charge is 0.0494 e. The van der Waals surface area contributed by atoms with Crippen molar-refractivity contribution in [2.75, 3.05) is 4.90 Å². The van der Waals surface area contributed by atoms with Crippen LogP contribution in [0.3, 0.4) is 0 Å². The van der Waals surface area contributed by atoms with Gasteiger partial charge < -0.3 is 4.90 Å². The second-order valence-electron chi connectivity index (χ2n) is 5.26. The molecular weight excluding hydrogens is 274 g/mol. The molecule has 3 heteroatoms. The molecule has 0 bridgehead atoms. The maximum atomic E-state index is 6.13. The Labute approximate surface area is 123 Å². The Balaban J connectivity index is 1.91. The number of hydrogen-bond acceptors (Lipinski definition) is 2. The quantitative estimate of drug-likeness (QED) is 0.704. The lowest BCUT2D eigenvalue weighted by atomic mass is 10.1. The normalized spacial score (nSPS) is 14.6. The molecule has 0 N–H and O–H groups in total. The molecule has 1 nitrogen and oxygen atoms in total. The van der Waals surface area contributed by atoms with Crippen molar-refractivity contribution in [3.8, 4) is 0 Å². The van der Waals surface area contributed by atoms with Crippen molar-refractivity contribution in [3.05, 3.63) is 51.7 Å². The van der Waals surface area contributed by atoms with Crippen LogP contribution in [0.5, 0.6) is 0 Å². The van der Waals surface area contributed by atoms with Crippen LogP contribution in [0.1, 0.15) is 29.5 Å². The van der Waals surface area contributed by atoms with Crippen LogP contribution in [0.15, 0.2) is 35.0 Å². The van der Waals surface area contributed by atoms with E-state index in [-0.39, 0.29) is 0 Å². The zero-order valence-electron chi connectivity index (χ0n) is 11.1. The van der Waals surface area contributed by atoms with Gasteiger partial charge in [0.25, 0.3) is 0 Å². The number of nitrogens with zero attached hydrogens (tertiary/aromatic N) is 1. The van der Waals surface area contributed by atoms with Gasteiger partial charge in [-0.05, 0) is 53.8 Å². The van der Waals surface area contributed by atoms with E-state index in [9.17, 15) is 0 Å². The van der Waals surface area contributed by atoms with Crippen molar-refractivity contribution >= 4 is 28.6 Å². The van der Waals surface area contributed by atoms with E-state index in [2.05, 4.69) is 46.8 Å². The minimum atomic E-state index is 0.587. The number of thiophene rings is 1. The number of benzene rings is 1. The van der Waals surface area contributed by atoms with Gasteiger partial charge in [0.05, 0.1) is 0 Å². The van der Waals surface area contributed by atoms with Gasteiger partial charge in [-0.25, -0.2) is 0 Å². The van der Waals surface area contributed by atoms with Gasteiger partial charge in [0.2, 0.25) is 0 Å². The lowest BCUT2D eigenvalue weighted by molar-refractivity contribution is 0.792. The Morgan fingerprint density at radius 1 is 1.32 bits per heavy atom. The average molecular weight is 292 g/mol. The van der Waals surface area contributed by atoms with E-state index in [1.54, 1.807) is 11.3 Å². The van der Waals surface area contributed by atoms with E-state index < -0.39 is 0 Å². The minimum absolute atomic E-state index is 0.587. The van der Waals surface area contributed by atoms with Crippen molar-refractivity contribution in [2.24, 2.45) is 0 Å². The molecule has 19 heavy (non-hydrogen) atoms. The molecule has 3 rings (SSSR count). The van der Waals surface area contributed by atoms with Gasteiger partial charge in [-0.1, -0.05) is 17.7 Å². The number of anilines is 1. The van der Waals surface area contributed by atoms with Crippen molar-refractivity contribution in [3.63, 3.8) is 0 Å². The predicted octanol–water partition coefficient (Wildman–Crippen LogP) is 4.96. The lowest BCUT2D eigenvalue weighted by Crippen LogP contribution is -2.25. The Bertz CT molecular complexity index is 546. The molecule has 1 aromatic carbocycles. The summed E-state index contributed by atoms with van der Waals surface area (Å²) in [5, 5.41) is 4.39. The Hall–Kier alpha value is -0.990. The summed E-state index contributed by atoms with van der Waals surface area (Å²) >= 11 is 7.90. The summed E-state index contributed by atoms with van der Waals surface area (Å²) in [5.41, 5.74) is 5.25. The van der Waals surface area contributed by atoms with Crippen molar-refractivity contribution in [2.45, 2.75) is 38.2 Å². The molecule has 1 saturated carbocycles. The number of halogens is 1. The minimum Gasteiger partial charge on any atom is -0.364 e. The van der Waals surface area contributed by atoms with Gasteiger partial charge in [0, 0.05) is 24.2 Å². The van der Waals surface area contributed by atoms with E-state index in [0.717, 1.165) is 6.54 Å². The molecule has 0 unspecified atom stereocenters. The molecule has 1 aliphatic rings. The van der Waals surface area contributed by atoms with Gasteiger partial charge in [0.15, 0.2) is 0 Å². The van der Waals surface area contributed by atoms with Gasteiger partial charge in [-0.3, -0.25) is 0 Å². The van der Waals surface area contributed by atoms with Crippen LogP contribution in [0.4, 0.5) is 5.69 Å². The number of aryl methyl sites for hydroxylation is 1. The Morgan fingerprint density at radius 2 is 2.16 bits per heavy atom. The van der Waals surface area contributed by atoms with Crippen LogP contribution in [0.2, 0.25) is 0 Å². The van der Waals surface area contributed by atoms with Crippen LogP contribution in [-0.4, -0.2) is 6.04 Å². The van der Waals surface area contributed by atoms with E-state index in [1.165, 1.54) is 35.2 Å². The SMILES string of the molecule is Cc1ccc(N(Cc2ccsc2)C2CC2)c(CCl)c1. The van der Waals surface area contributed by atoms with Crippen molar-refractivity contribution < 1.29 is 0 Å². The van der Waals surface area contributed by atoms with Gasteiger partial charge in [0.1, 0.15) is 0 Å². The summed E-state index contributed by atoms with van der Waals surface area (Å²) in [4.78, 5) is 2.53. The van der Waals surface area contributed by atoms with Crippen LogP contribution in [0.25, 0.3) is 0 Å². The Kier molecular flexibility index (Phi) is 3.81.